The Morgan fingerprint density at radius 2 is 1.08 bits per heavy atom. The first-order valence-corrected chi connectivity index (χ1v) is 25.6. The van der Waals surface area contributed by atoms with Gasteiger partial charge >= 0.3 is 37.7 Å². The minimum atomic E-state index is -4.70. The predicted molar refractivity (Wildman–Crippen MR) is 285 cm³/mol. The second kappa shape index (κ2) is 24.7. The van der Waals surface area contributed by atoms with Gasteiger partial charge in [0.05, 0.1) is 31.2 Å². The van der Waals surface area contributed by atoms with Crippen LogP contribution in [0.2, 0.25) is 10.0 Å². The van der Waals surface area contributed by atoms with Crippen LogP contribution in [0.15, 0.2) is 169 Å². The van der Waals surface area contributed by atoms with Crippen LogP contribution in [0.25, 0.3) is 21.5 Å². The van der Waals surface area contributed by atoms with Gasteiger partial charge in [-0.1, -0.05) is 103 Å². The molecule has 0 aliphatic heterocycles. The van der Waals surface area contributed by atoms with Gasteiger partial charge in [0.2, 0.25) is 0 Å². The molecule has 0 atom stereocenters. The van der Waals surface area contributed by atoms with E-state index >= 15 is 0 Å². The molecule has 0 aliphatic rings. The van der Waals surface area contributed by atoms with E-state index in [1.54, 1.807) is 111 Å². The Hall–Kier alpha value is -6.72. The summed E-state index contributed by atoms with van der Waals surface area (Å²) in [5.41, 5.74) is 0.737. The number of phenolic OH excluding ortho intramolecular Hbond substituents is 1. The number of methoxy groups -OCH3 is 2. The Labute approximate surface area is 470 Å². The van der Waals surface area contributed by atoms with Crippen molar-refractivity contribution in [2.24, 2.45) is 25.4 Å². The molecule has 4 N–H and O–H groups in total. The van der Waals surface area contributed by atoms with Crippen molar-refractivity contribution in [3.63, 3.8) is 0 Å². The smallest absolute Gasteiger partial charge is 0.871 e. The van der Waals surface area contributed by atoms with Gasteiger partial charge < -0.3 is 30.1 Å². The zero-order valence-electron chi connectivity index (χ0n) is 40.1. The number of phenols is 1. The molecule has 380 valence electrons. The monoisotopic (exact) mass is 1120 g/mol. The third-order valence-corrected chi connectivity index (χ3v) is 13.3. The molecule has 18 nitrogen and oxygen atoms in total. The predicted octanol–water partition coefficient (Wildman–Crippen LogP) is 11.5. The topological polar surface area (TPSA) is 284 Å². The number of amides is 1. The number of carbonyl (C=O) groups excluding carboxylic acids is 1. The molecule has 0 aromatic heterocycles. The number of rotatable bonds is 14. The summed E-state index contributed by atoms with van der Waals surface area (Å²) in [6, 6.07) is 34.9. The number of aromatic hydroxyl groups is 1. The molecule has 0 bridgehead atoms. The molecule has 75 heavy (non-hydrogen) atoms. The van der Waals surface area contributed by atoms with E-state index in [4.69, 9.17) is 32.7 Å². The molecule has 0 spiro atoms. The van der Waals surface area contributed by atoms with Crippen LogP contribution in [0.4, 0.5) is 34.1 Å². The molecule has 0 saturated carbocycles. The Morgan fingerprint density at radius 1 is 0.613 bits per heavy atom. The summed E-state index contributed by atoms with van der Waals surface area (Å²) in [6.07, 6.45) is 0.660. The van der Waals surface area contributed by atoms with E-state index in [-0.39, 0.29) is 81.7 Å². The first-order chi connectivity index (χ1) is 35.2. The maximum atomic E-state index is 13.4. The number of aryl methyl sites for hydroxylation is 2. The van der Waals surface area contributed by atoms with Gasteiger partial charge in [-0.25, -0.2) is 0 Å². The van der Waals surface area contributed by atoms with E-state index in [1.165, 1.54) is 38.5 Å². The summed E-state index contributed by atoms with van der Waals surface area (Å²) >= 11 is 12.0. The third-order valence-electron chi connectivity index (χ3n) is 11.1. The van der Waals surface area contributed by atoms with Crippen molar-refractivity contribution in [3.8, 4) is 23.0 Å². The molecule has 0 aliphatic carbocycles. The third kappa shape index (κ3) is 13.6. The van der Waals surface area contributed by atoms with Crippen molar-refractivity contribution in [3.05, 3.63) is 166 Å². The number of anilines is 1. The Balaban J connectivity index is 0.000000241. The van der Waals surface area contributed by atoms with E-state index in [0.29, 0.717) is 68.4 Å². The largest absolute Gasteiger partial charge is 2.00 e. The van der Waals surface area contributed by atoms with E-state index in [2.05, 4.69) is 30.8 Å². The Bertz CT molecular complexity index is 3830. The van der Waals surface area contributed by atoms with Gasteiger partial charge in [0, 0.05) is 38.6 Å². The number of nitrogens with zero attached hydrogens (tertiary/aromatic N) is 5. The number of nitrogens with one attached hydrogen (secondary N) is 1. The van der Waals surface area contributed by atoms with Gasteiger partial charge in [0.1, 0.15) is 38.4 Å². The van der Waals surface area contributed by atoms with Crippen molar-refractivity contribution < 1.29 is 55.5 Å². The van der Waals surface area contributed by atoms with Crippen LogP contribution in [0.3, 0.4) is 0 Å². The second-order valence-corrected chi connectivity index (χ2v) is 19.5. The second-order valence-electron chi connectivity index (χ2n) is 15.9. The fraction of sp³-hybridized carbons (Fsp3) is 0.115. The van der Waals surface area contributed by atoms with Crippen LogP contribution >= 0.6 is 23.2 Å². The molecule has 0 fully saturated rings. The summed E-state index contributed by atoms with van der Waals surface area (Å²) in [7, 11) is -6.40. The Kier molecular flexibility index (Phi) is 19.0. The summed E-state index contributed by atoms with van der Waals surface area (Å²) in [4.78, 5) is 16.1. The SMILES string of the molecule is CCc1cc(Cl)cc(S(=O)(=O)O)c1N=Nc1c(O)c(C(=O)Nc2cccc(OC)c2)cc2ccccc12.CCc1cc(Cl)cc(S(=O)(=O)O)c1N=Nc1c([O-])c(C([O-])=Nc2cccc(OC)c2)cc2ccccc12.[Ca+2]. The number of aliphatic imine (C=N–C) groups is 1. The fourth-order valence-corrected chi connectivity index (χ4v) is 9.53. The van der Waals surface area contributed by atoms with Crippen LogP contribution < -0.4 is 25.0 Å². The van der Waals surface area contributed by atoms with Crippen LogP contribution in [-0.2, 0) is 33.1 Å². The molecule has 23 heteroatoms. The van der Waals surface area contributed by atoms with E-state index in [1.807, 2.05) is 0 Å². The van der Waals surface area contributed by atoms with E-state index < -0.39 is 53.3 Å². The van der Waals surface area contributed by atoms with Gasteiger partial charge in [0.15, 0.2) is 5.75 Å². The van der Waals surface area contributed by atoms with Crippen molar-refractivity contribution in [1.82, 2.24) is 0 Å². The van der Waals surface area contributed by atoms with Gasteiger partial charge in [-0.15, -0.1) is 15.3 Å². The molecule has 8 aromatic carbocycles. The standard InChI is InChI=1S/2C26H22ClN3O6S.Ca/c2*1-3-15-11-17(27)13-22(37(33,34)35)23(15)29-30-24-20-10-5-4-7-16(20)12-21(25(24)31)26(32)28-18-8-6-9-19(14-18)36-2;/h2*4-14,31H,3H2,1-2H3,(H,28,32)(H,33,34,35);/q;;+2/p-2. The van der Waals surface area contributed by atoms with Crippen molar-refractivity contribution in [2.45, 2.75) is 36.5 Å². The number of halogens is 2. The van der Waals surface area contributed by atoms with Crippen molar-refractivity contribution >= 4 is 149 Å². The average Bonchev–Trinajstić information content (AvgIpc) is 3.37. The number of benzene rings is 8. The first kappa shape index (κ1) is 57.6. The van der Waals surface area contributed by atoms with Crippen molar-refractivity contribution in [2.75, 3.05) is 19.5 Å². The van der Waals surface area contributed by atoms with Gasteiger partial charge in [-0.2, -0.15) is 21.9 Å². The molecular weight excluding hydrogens is 1080 g/mol. The quantitative estimate of drug-likeness (QED) is 0.0260. The molecule has 0 unspecified atom stereocenters. The molecule has 8 rings (SSSR count). The summed E-state index contributed by atoms with van der Waals surface area (Å²) in [6.45, 7) is 3.50. The molecule has 0 saturated heterocycles. The van der Waals surface area contributed by atoms with E-state index in [0.717, 1.165) is 12.1 Å². The summed E-state index contributed by atoms with van der Waals surface area (Å²) in [5.74, 6) is -1.55. The van der Waals surface area contributed by atoms with Gasteiger partial charge in [-0.05, 0) is 107 Å². The zero-order valence-corrected chi connectivity index (χ0v) is 45.5. The molecule has 0 heterocycles. The Morgan fingerprint density at radius 3 is 1.60 bits per heavy atom. The van der Waals surface area contributed by atoms with Gasteiger partial charge in [-0.3, -0.25) is 18.9 Å². The number of hydrogen-bond acceptors (Lipinski definition) is 15. The number of ether oxygens (including phenoxy) is 2. The average molecular weight is 1120 g/mol. The fourth-order valence-electron chi connectivity index (χ4n) is 7.53. The summed E-state index contributed by atoms with van der Waals surface area (Å²) < 4.78 is 77.8. The van der Waals surface area contributed by atoms with Crippen LogP contribution in [0, 0.1) is 0 Å². The number of carbonyl (C=O) groups is 1. The molecule has 8 aromatic rings. The number of hydrogen-bond donors (Lipinski definition) is 4. The number of fused-ring (bicyclic) bond motifs is 2. The minimum Gasteiger partial charge on any atom is -0.871 e. The van der Waals surface area contributed by atoms with E-state index in [9.17, 15) is 46.1 Å². The zero-order chi connectivity index (χ0) is 53.5. The summed E-state index contributed by atoms with van der Waals surface area (Å²) in [5, 5.41) is 58.8. The molecular formula is C52H42CaCl2N6O12S2. The minimum absolute atomic E-state index is 0. The maximum absolute atomic E-state index is 13.4. The van der Waals surface area contributed by atoms with Crippen LogP contribution in [0.1, 0.15) is 40.9 Å². The van der Waals surface area contributed by atoms with Crippen molar-refractivity contribution in [1.29, 1.82) is 0 Å². The maximum Gasteiger partial charge on any atom is 2.00 e. The normalized spacial score (nSPS) is 11.9. The van der Waals surface area contributed by atoms with Gasteiger partial charge in [0.25, 0.3) is 26.1 Å². The number of azo groups is 2. The van der Waals surface area contributed by atoms with Crippen LogP contribution in [0.5, 0.6) is 23.0 Å². The molecule has 0 radical (unpaired) electrons. The first-order valence-electron chi connectivity index (χ1n) is 22.0. The van der Waals surface area contributed by atoms with Crippen LogP contribution in [-0.4, -0.2) is 94.8 Å². The molecule has 1 amide bonds.